The van der Waals surface area contributed by atoms with Gasteiger partial charge in [-0.05, 0) is 46.4 Å². The van der Waals surface area contributed by atoms with E-state index >= 15 is 0 Å². The number of thiophene rings is 1. The summed E-state index contributed by atoms with van der Waals surface area (Å²) in [5.74, 6) is -1.11. The van der Waals surface area contributed by atoms with Crippen molar-refractivity contribution >= 4 is 50.1 Å². The number of carbonyl (C=O) groups is 1. The second kappa shape index (κ2) is 5.93. The highest BCUT2D eigenvalue weighted by Crippen LogP contribution is 2.21. The molecule has 8 heteroatoms. The van der Waals surface area contributed by atoms with E-state index in [2.05, 4.69) is 22.6 Å². The number of carboxylic acid groups (broad SMARTS) is 1. The van der Waals surface area contributed by atoms with E-state index in [9.17, 15) is 14.4 Å². The summed E-state index contributed by atoms with van der Waals surface area (Å²) in [5, 5.41) is 9.34. The first-order valence-electron chi connectivity index (χ1n) is 6.59. The fourth-order valence-electron chi connectivity index (χ4n) is 2.35. The summed E-state index contributed by atoms with van der Waals surface area (Å²) in [7, 11) is 1.54. The Labute approximate surface area is 147 Å². The summed E-state index contributed by atoms with van der Waals surface area (Å²) in [4.78, 5) is 36.6. The fourth-order valence-corrected chi connectivity index (χ4v) is 3.90. The number of carboxylic acids is 1. The van der Waals surface area contributed by atoms with Gasteiger partial charge in [-0.3, -0.25) is 13.9 Å². The van der Waals surface area contributed by atoms with Crippen LogP contribution in [0.5, 0.6) is 0 Å². The normalized spacial score (nSPS) is 11.0. The van der Waals surface area contributed by atoms with Crippen molar-refractivity contribution in [1.29, 1.82) is 0 Å². The van der Waals surface area contributed by atoms with Gasteiger partial charge in [0.2, 0.25) is 0 Å². The molecule has 0 saturated carbocycles. The van der Waals surface area contributed by atoms with E-state index in [-0.39, 0.29) is 16.8 Å². The molecule has 0 bridgehead atoms. The summed E-state index contributed by atoms with van der Waals surface area (Å²) >= 11 is 3.09. The van der Waals surface area contributed by atoms with Gasteiger partial charge >= 0.3 is 11.7 Å². The zero-order valence-electron chi connectivity index (χ0n) is 11.9. The molecule has 0 aliphatic carbocycles. The van der Waals surface area contributed by atoms with Crippen LogP contribution in [0.3, 0.4) is 0 Å². The maximum atomic E-state index is 12.6. The van der Waals surface area contributed by atoms with Gasteiger partial charge in [-0.15, -0.1) is 11.3 Å². The molecule has 6 nitrogen and oxygen atoms in total. The number of nitrogens with zero attached hydrogens (tertiary/aromatic N) is 2. The zero-order chi connectivity index (χ0) is 16.7. The highest BCUT2D eigenvalue weighted by Gasteiger charge is 2.17. The minimum absolute atomic E-state index is 0.0408. The van der Waals surface area contributed by atoms with Crippen LogP contribution in [0.4, 0.5) is 0 Å². The summed E-state index contributed by atoms with van der Waals surface area (Å²) < 4.78 is 3.46. The van der Waals surface area contributed by atoms with Crippen LogP contribution < -0.4 is 11.2 Å². The van der Waals surface area contributed by atoms with Crippen molar-refractivity contribution in [1.82, 2.24) is 9.13 Å². The third kappa shape index (κ3) is 2.83. The van der Waals surface area contributed by atoms with Crippen molar-refractivity contribution in [3.63, 3.8) is 0 Å². The molecule has 2 aromatic heterocycles. The van der Waals surface area contributed by atoms with Crippen LogP contribution in [0.2, 0.25) is 0 Å². The molecule has 0 fully saturated rings. The lowest BCUT2D eigenvalue weighted by Gasteiger charge is -2.08. The number of aromatic carboxylic acids is 1. The van der Waals surface area contributed by atoms with Crippen LogP contribution in [0.1, 0.15) is 15.2 Å². The van der Waals surface area contributed by atoms with Crippen molar-refractivity contribution in [2.24, 2.45) is 7.05 Å². The van der Waals surface area contributed by atoms with Crippen LogP contribution in [0.25, 0.3) is 10.2 Å². The fraction of sp³-hybridized carbons (Fsp3) is 0.133. The van der Waals surface area contributed by atoms with Crippen molar-refractivity contribution in [3.8, 4) is 0 Å². The van der Waals surface area contributed by atoms with Crippen LogP contribution in [-0.4, -0.2) is 20.2 Å². The molecule has 0 unspecified atom stereocenters. The molecule has 23 heavy (non-hydrogen) atoms. The van der Waals surface area contributed by atoms with E-state index in [1.54, 1.807) is 0 Å². The number of halogens is 1. The third-order valence-electron chi connectivity index (χ3n) is 3.45. The van der Waals surface area contributed by atoms with E-state index in [4.69, 9.17) is 5.11 Å². The highest BCUT2D eigenvalue weighted by molar-refractivity contribution is 14.1. The lowest BCUT2D eigenvalue weighted by Crippen LogP contribution is -2.38. The summed E-state index contributed by atoms with van der Waals surface area (Å²) in [6.45, 7) is 0.149. The van der Waals surface area contributed by atoms with Crippen LogP contribution in [0.15, 0.2) is 39.9 Å². The van der Waals surface area contributed by atoms with E-state index < -0.39 is 17.2 Å². The minimum Gasteiger partial charge on any atom is -0.477 e. The van der Waals surface area contributed by atoms with Gasteiger partial charge in [0.15, 0.2) is 0 Å². The Balaban J connectivity index is 2.23. The average Bonchev–Trinajstić information content (AvgIpc) is 2.95. The number of aryl methyl sites for hydroxylation is 1. The Morgan fingerprint density at radius 3 is 2.70 bits per heavy atom. The number of fused-ring (bicyclic) bond motifs is 1. The summed E-state index contributed by atoms with van der Waals surface area (Å²) in [6.07, 6.45) is 0. The quantitative estimate of drug-likeness (QED) is 0.631. The Kier molecular flexibility index (Phi) is 4.11. The predicted octanol–water partition coefficient (Wildman–Crippen LogP) is 2.11. The first-order valence-corrected chi connectivity index (χ1v) is 8.49. The number of benzene rings is 1. The van der Waals surface area contributed by atoms with E-state index in [1.807, 2.05) is 24.3 Å². The standard InChI is InChI=1S/C15H11IN2O4S/c1-17-13-10(6-11(23-13)14(20)21)12(19)18(15(17)22)7-8-3-2-4-9(16)5-8/h2-6H,7H2,1H3,(H,20,21). The van der Waals surface area contributed by atoms with Gasteiger partial charge < -0.3 is 5.11 Å². The molecule has 3 rings (SSSR count). The summed E-state index contributed by atoms with van der Waals surface area (Å²) in [6, 6.07) is 8.85. The minimum atomic E-state index is -1.11. The molecule has 1 N–H and O–H groups in total. The lowest BCUT2D eigenvalue weighted by atomic mass is 10.2. The molecule has 0 saturated heterocycles. The maximum Gasteiger partial charge on any atom is 0.345 e. The second-order valence-electron chi connectivity index (χ2n) is 5.00. The van der Waals surface area contributed by atoms with Gasteiger partial charge in [0.25, 0.3) is 5.56 Å². The summed E-state index contributed by atoms with van der Waals surface area (Å²) in [5.41, 5.74) is -0.0880. The van der Waals surface area contributed by atoms with Crippen LogP contribution >= 0.6 is 33.9 Å². The molecule has 0 radical (unpaired) electrons. The predicted molar refractivity (Wildman–Crippen MR) is 96.5 cm³/mol. The molecule has 0 aliphatic rings. The Hall–Kier alpha value is -1.94. The average molecular weight is 442 g/mol. The van der Waals surface area contributed by atoms with Crippen molar-refractivity contribution in [2.75, 3.05) is 0 Å². The van der Waals surface area contributed by atoms with Gasteiger partial charge in [-0.2, -0.15) is 0 Å². The van der Waals surface area contributed by atoms with E-state index in [1.165, 1.54) is 17.7 Å². The molecular formula is C15H11IN2O4S. The largest absolute Gasteiger partial charge is 0.477 e. The van der Waals surface area contributed by atoms with Gasteiger partial charge in [-0.1, -0.05) is 12.1 Å². The van der Waals surface area contributed by atoms with Crippen molar-refractivity contribution in [3.05, 3.63) is 65.2 Å². The lowest BCUT2D eigenvalue weighted by molar-refractivity contribution is 0.0702. The molecular weight excluding hydrogens is 431 g/mol. The third-order valence-corrected chi connectivity index (χ3v) is 5.32. The number of rotatable bonds is 3. The van der Waals surface area contributed by atoms with Gasteiger partial charge in [0, 0.05) is 10.6 Å². The van der Waals surface area contributed by atoms with Gasteiger partial charge in [-0.25, -0.2) is 9.59 Å². The topological polar surface area (TPSA) is 81.3 Å². The molecule has 0 aliphatic heterocycles. The number of aromatic nitrogens is 2. The monoisotopic (exact) mass is 442 g/mol. The smallest absolute Gasteiger partial charge is 0.345 e. The maximum absolute atomic E-state index is 12.6. The highest BCUT2D eigenvalue weighted by atomic mass is 127. The van der Waals surface area contributed by atoms with Gasteiger partial charge in [0.1, 0.15) is 9.71 Å². The van der Waals surface area contributed by atoms with Crippen LogP contribution in [0, 0.1) is 3.57 Å². The molecule has 2 heterocycles. The Morgan fingerprint density at radius 2 is 2.04 bits per heavy atom. The molecule has 1 aromatic carbocycles. The van der Waals surface area contributed by atoms with Gasteiger partial charge in [0.05, 0.1) is 11.9 Å². The number of hydrogen-bond donors (Lipinski definition) is 1. The molecule has 3 aromatic rings. The SMILES string of the molecule is Cn1c(=O)n(Cc2cccc(I)c2)c(=O)c2cc(C(=O)O)sc21. The first kappa shape index (κ1) is 15.9. The number of hydrogen-bond acceptors (Lipinski definition) is 4. The Bertz CT molecular complexity index is 1050. The molecule has 0 spiro atoms. The van der Waals surface area contributed by atoms with Crippen molar-refractivity contribution < 1.29 is 9.90 Å². The first-order chi connectivity index (χ1) is 10.9. The molecule has 0 atom stereocenters. The molecule has 0 amide bonds. The molecule has 118 valence electrons. The van der Waals surface area contributed by atoms with E-state index in [0.717, 1.165) is 25.0 Å². The van der Waals surface area contributed by atoms with E-state index in [0.29, 0.717) is 4.83 Å². The second-order valence-corrected chi connectivity index (χ2v) is 7.27. The van der Waals surface area contributed by atoms with Crippen LogP contribution in [-0.2, 0) is 13.6 Å². The Morgan fingerprint density at radius 1 is 1.30 bits per heavy atom. The zero-order valence-corrected chi connectivity index (χ0v) is 14.9. The van der Waals surface area contributed by atoms with Crippen molar-refractivity contribution in [2.45, 2.75) is 6.54 Å².